The summed E-state index contributed by atoms with van der Waals surface area (Å²) in [4.78, 5) is 11.6. The lowest BCUT2D eigenvalue weighted by Crippen LogP contribution is -2.27. The first-order valence-corrected chi connectivity index (χ1v) is 6.82. The fourth-order valence-corrected chi connectivity index (χ4v) is 3.55. The number of thioether (sulfide) groups is 1. The van der Waals surface area contributed by atoms with Gasteiger partial charge in [-0.25, -0.2) is 0 Å². The van der Waals surface area contributed by atoms with Crippen LogP contribution < -0.4 is 0 Å². The van der Waals surface area contributed by atoms with Crippen LogP contribution in [0.3, 0.4) is 0 Å². The van der Waals surface area contributed by atoms with Crippen LogP contribution in [0.5, 0.6) is 0 Å². The smallest absolute Gasteiger partial charge is 0.319 e. The Labute approximate surface area is 97.1 Å². The van der Waals surface area contributed by atoms with Gasteiger partial charge in [0.15, 0.2) is 0 Å². The maximum absolute atomic E-state index is 11.6. The molecule has 1 rings (SSSR count). The number of carbonyl (C=O) groups is 1. The quantitative estimate of drug-likeness (QED) is 0.693. The summed E-state index contributed by atoms with van der Waals surface area (Å²) in [5, 5.41) is 0.698. The van der Waals surface area contributed by atoms with Crippen molar-refractivity contribution in [3.63, 3.8) is 0 Å². The van der Waals surface area contributed by atoms with Gasteiger partial charge in [-0.2, -0.15) is 0 Å². The number of esters is 1. The molecule has 3 heteroatoms. The molecule has 0 aromatic heterocycles. The Hall–Kier alpha value is -0.180. The third-order valence-electron chi connectivity index (χ3n) is 2.93. The van der Waals surface area contributed by atoms with E-state index in [-0.39, 0.29) is 11.2 Å². The molecule has 1 fully saturated rings. The van der Waals surface area contributed by atoms with Gasteiger partial charge in [-0.15, -0.1) is 11.8 Å². The molecule has 1 atom stereocenters. The van der Waals surface area contributed by atoms with E-state index in [4.69, 9.17) is 4.74 Å². The average molecular weight is 230 g/mol. The summed E-state index contributed by atoms with van der Waals surface area (Å²) in [6.45, 7) is 4.19. The number of rotatable bonds is 4. The van der Waals surface area contributed by atoms with E-state index in [9.17, 15) is 4.79 Å². The molecule has 1 aliphatic carbocycles. The summed E-state index contributed by atoms with van der Waals surface area (Å²) in [7, 11) is 1.49. The Morgan fingerprint density at radius 3 is 2.33 bits per heavy atom. The van der Waals surface area contributed by atoms with Crippen LogP contribution in [0.1, 0.15) is 46.0 Å². The largest absolute Gasteiger partial charge is 0.468 e. The first-order valence-electron chi connectivity index (χ1n) is 5.88. The highest BCUT2D eigenvalue weighted by atomic mass is 32.2. The zero-order valence-corrected chi connectivity index (χ0v) is 10.8. The van der Waals surface area contributed by atoms with Gasteiger partial charge in [0, 0.05) is 5.25 Å². The molecule has 15 heavy (non-hydrogen) atoms. The molecule has 0 aliphatic heterocycles. The molecule has 0 bridgehead atoms. The number of hydrogen-bond acceptors (Lipinski definition) is 3. The Morgan fingerprint density at radius 1 is 1.27 bits per heavy atom. The normalized spacial score (nSPS) is 20.3. The monoisotopic (exact) mass is 230 g/mol. The highest BCUT2D eigenvalue weighted by Crippen LogP contribution is 2.34. The van der Waals surface area contributed by atoms with Gasteiger partial charge in [0.05, 0.1) is 7.11 Å². The molecule has 0 N–H and O–H groups in total. The Balaban J connectivity index is 2.46. The lowest BCUT2D eigenvalue weighted by Gasteiger charge is -2.26. The van der Waals surface area contributed by atoms with Crippen molar-refractivity contribution in [1.29, 1.82) is 0 Å². The maximum Gasteiger partial charge on any atom is 0.319 e. The van der Waals surface area contributed by atoms with Crippen LogP contribution in [0.4, 0.5) is 0 Å². The summed E-state index contributed by atoms with van der Waals surface area (Å²) in [6.07, 6.45) is 6.55. The molecule has 1 saturated carbocycles. The predicted molar refractivity (Wildman–Crippen MR) is 65.1 cm³/mol. The molecule has 0 aromatic rings. The Morgan fingerprint density at radius 2 is 1.87 bits per heavy atom. The van der Waals surface area contributed by atoms with Crippen molar-refractivity contribution in [1.82, 2.24) is 0 Å². The summed E-state index contributed by atoms with van der Waals surface area (Å²) >= 11 is 1.83. The van der Waals surface area contributed by atoms with Crippen LogP contribution in [0.15, 0.2) is 0 Å². The minimum Gasteiger partial charge on any atom is -0.468 e. The van der Waals surface area contributed by atoms with Crippen molar-refractivity contribution in [2.75, 3.05) is 7.11 Å². The number of carbonyl (C=O) groups excluding carboxylic acids is 1. The molecule has 1 unspecified atom stereocenters. The second-order valence-corrected chi connectivity index (χ2v) is 6.03. The van der Waals surface area contributed by atoms with Gasteiger partial charge in [0.25, 0.3) is 0 Å². The van der Waals surface area contributed by atoms with Gasteiger partial charge in [-0.1, -0.05) is 33.1 Å². The topological polar surface area (TPSA) is 26.3 Å². The summed E-state index contributed by atoms with van der Waals surface area (Å²) < 4.78 is 4.86. The van der Waals surface area contributed by atoms with Crippen LogP contribution in [0, 0.1) is 5.92 Å². The van der Waals surface area contributed by atoms with Gasteiger partial charge < -0.3 is 4.74 Å². The number of methoxy groups -OCH3 is 1. The molecular weight excluding hydrogens is 208 g/mol. The van der Waals surface area contributed by atoms with Crippen molar-refractivity contribution < 1.29 is 9.53 Å². The zero-order chi connectivity index (χ0) is 11.3. The van der Waals surface area contributed by atoms with Gasteiger partial charge >= 0.3 is 5.97 Å². The minimum absolute atomic E-state index is 0.0260. The lowest BCUT2D eigenvalue weighted by molar-refractivity contribution is -0.140. The molecule has 0 aromatic carbocycles. The van der Waals surface area contributed by atoms with Crippen molar-refractivity contribution in [2.45, 2.75) is 56.5 Å². The second kappa shape index (κ2) is 6.41. The van der Waals surface area contributed by atoms with E-state index in [1.807, 2.05) is 11.8 Å². The van der Waals surface area contributed by atoms with E-state index in [0.717, 1.165) is 0 Å². The van der Waals surface area contributed by atoms with Crippen molar-refractivity contribution in [3.8, 4) is 0 Å². The maximum atomic E-state index is 11.6. The van der Waals surface area contributed by atoms with Crippen molar-refractivity contribution in [3.05, 3.63) is 0 Å². The summed E-state index contributed by atoms with van der Waals surface area (Å²) in [5.41, 5.74) is 0. The minimum atomic E-state index is -0.0550. The van der Waals surface area contributed by atoms with Gasteiger partial charge in [-0.3, -0.25) is 4.79 Å². The van der Waals surface area contributed by atoms with E-state index in [1.54, 1.807) is 0 Å². The second-order valence-electron chi connectivity index (χ2n) is 4.58. The first-order chi connectivity index (χ1) is 7.15. The Kier molecular flexibility index (Phi) is 5.51. The number of hydrogen-bond donors (Lipinski definition) is 0. The third-order valence-corrected chi connectivity index (χ3v) is 4.82. The highest BCUT2D eigenvalue weighted by molar-refractivity contribution is 8.01. The van der Waals surface area contributed by atoms with E-state index in [1.165, 1.54) is 39.2 Å². The van der Waals surface area contributed by atoms with Gasteiger partial charge in [0.2, 0.25) is 0 Å². The van der Waals surface area contributed by atoms with E-state index in [2.05, 4.69) is 13.8 Å². The fourth-order valence-electron chi connectivity index (χ4n) is 2.01. The predicted octanol–water partition coefficient (Wildman–Crippen LogP) is 3.25. The molecule has 2 nitrogen and oxygen atoms in total. The first kappa shape index (κ1) is 12.9. The van der Waals surface area contributed by atoms with Crippen LogP contribution in [0.2, 0.25) is 0 Å². The molecule has 0 heterocycles. The van der Waals surface area contributed by atoms with E-state index in [0.29, 0.717) is 11.2 Å². The van der Waals surface area contributed by atoms with Crippen molar-refractivity contribution in [2.24, 2.45) is 5.92 Å². The third kappa shape index (κ3) is 4.06. The summed E-state index contributed by atoms with van der Waals surface area (Å²) in [5.74, 6) is 0.310. The van der Waals surface area contributed by atoms with E-state index >= 15 is 0 Å². The number of ether oxygens (including phenoxy) is 1. The highest BCUT2D eigenvalue weighted by Gasteiger charge is 2.27. The molecule has 0 radical (unpaired) electrons. The summed E-state index contributed by atoms with van der Waals surface area (Å²) in [6, 6.07) is 0. The van der Waals surface area contributed by atoms with Gasteiger partial charge in [0.1, 0.15) is 5.25 Å². The molecule has 0 amide bonds. The van der Waals surface area contributed by atoms with Crippen LogP contribution in [-0.4, -0.2) is 23.6 Å². The zero-order valence-electron chi connectivity index (χ0n) is 9.99. The fraction of sp³-hybridized carbons (Fsp3) is 0.917. The molecule has 0 saturated heterocycles. The average Bonchev–Trinajstić information content (AvgIpc) is 2.26. The van der Waals surface area contributed by atoms with E-state index < -0.39 is 0 Å². The Bertz CT molecular complexity index is 198. The standard InChI is InChI=1S/C12H22O2S/c1-9(2)11(12(13)14-3)15-10-7-5-4-6-8-10/h9-11H,4-8H2,1-3H3. The lowest BCUT2D eigenvalue weighted by atomic mass is 10.0. The molecule has 88 valence electrons. The SMILES string of the molecule is COC(=O)C(SC1CCCCC1)C(C)C. The molecule has 0 spiro atoms. The van der Waals surface area contributed by atoms with Crippen molar-refractivity contribution >= 4 is 17.7 Å². The molecule has 1 aliphatic rings. The van der Waals surface area contributed by atoms with Crippen LogP contribution >= 0.6 is 11.8 Å². The van der Waals surface area contributed by atoms with Crippen LogP contribution in [-0.2, 0) is 9.53 Å². The van der Waals surface area contributed by atoms with Gasteiger partial charge in [-0.05, 0) is 18.8 Å². The molecular formula is C12H22O2S. The van der Waals surface area contributed by atoms with Crippen LogP contribution in [0.25, 0.3) is 0 Å².